The molecule has 0 fully saturated rings. The van der Waals surface area contributed by atoms with Crippen molar-refractivity contribution in [2.45, 2.75) is 6.42 Å². The van der Waals surface area contributed by atoms with E-state index in [2.05, 4.69) is 52.8 Å². The Morgan fingerprint density at radius 1 is 1.33 bits per heavy atom. The Bertz CT molecular complexity index is 408. The first-order valence-corrected chi connectivity index (χ1v) is 6.40. The minimum Gasteiger partial charge on any atom is -0.350 e. The number of anilines is 1. The largest absolute Gasteiger partial charge is 0.350 e. The molecule has 0 aliphatic carbocycles. The standard InChI is InChI=1S/C9H8Br2ClN3/c10-6-2-1-3-15(4-6)9-7(11)8(12)13-5-14-9/h2,5H,1,3-4H2. The fourth-order valence-corrected chi connectivity index (χ4v) is 2.56. The van der Waals surface area contributed by atoms with Gasteiger partial charge in [-0.15, -0.1) is 0 Å². The summed E-state index contributed by atoms with van der Waals surface area (Å²) in [6.07, 6.45) is 4.66. The highest BCUT2D eigenvalue weighted by Gasteiger charge is 2.17. The molecule has 0 radical (unpaired) electrons. The van der Waals surface area contributed by atoms with Gasteiger partial charge >= 0.3 is 0 Å². The van der Waals surface area contributed by atoms with Crippen LogP contribution in [0.3, 0.4) is 0 Å². The zero-order valence-electron chi connectivity index (χ0n) is 7.75. The SMILES string of the molecule is Clc1ncnc(N2CCC=C(Br)C2)c1Br. The van der Waals surface area contributed by atoms with Gasteiger partial charge in [0, 0.05) is 11.0 Å². The van der Waals surface area contributed by atoms with Crippen LogP contribution in [0.15, 0.2) is 21.4 Å². The van der Waals surface area contributed by atoms with E-state index in [4.69, 9.17) is 11.6 Å². The van der Waals surface area contributed by atoms with Crippen molar-refractivity contribution in [3.05, 3.63) is 26.5 Å². The lowest BCUT2D eigenvalue weighted by atomic mass is 10.2. The van der Waals surface area contributed by atoms with Gasteiger partial charge in [-0.1, -0.05) is 33.6 Å². The third-order valence-electron chi connectivity index (χ3n) is 2.13. The van der Waals surface area contributed by atoms with Crippen LogP contribution >= 0.6 is 43.5 Å². The van der Waals surface area contributed by atoms with Crippen LogP contribution in [0.4, 0.5) is 5.82 Å². The van der Waals surface area contributed by atoms with Gasteiger partial charge in [-0.2, -0.15) is 0 Å². The summed E-state index contributed by atoms with van der Waals surface area (Å²) in [6, 6.07) is 0. The highest BCUT2D eigenvalue weighted by Crippen LogP contribution is 2.31. The molecule has 2 rings (SSSR count). The second-order valence-corrected chi connectivity index (χ2v) is 5.33. The van der Waals surface area contributed by atoms with Crippen LogP contribution < -0.4 is 4.90 Å². The van der Waals surface area contributed by atoms with Gasteiger partial charge in [-0.3, -0.25) is 0 Å². The maximum absolute atomic E-state index is 5.92. The molecule has 0 N–H and O–H groups in total. The minimum absolute atomic E-state index is 0.450. The molecule has 2 heterocycles. The first-order chi connectivity index (χ1) is 7.18. The Hall–Kier alpha value is -0.130. The molecule has 0 unspecified atom stereocenters. The summed E-state index contributed by atoms with van der Waals surface area (Å²) in [5.41, 5.74) is 0. The first-order valence-electron chi connectivity index (χ1n) is 4.44. The van der Waals surface area contributed by atoms with E-state index in [-0.39, 0.29) is 0 Å². The molecule has 3 nitrogen and oxygen atoms in total. The normalized spacial score (nSPS) is 16.5. The zero-order chi connectivity index (χ0) is 10.8. The molecule has 0 amide bonds. The topological polar surface area (TPSA) is 29.0 Å². The Morgan fingerprint density at radius 2 is 2.13 bits per heavy atom. The Morgan fingerprint density at radius 3 is 2.87 bits per heavy atom. The molecule has 15 heavy (non-hydrogen) atoms. The quantitative estimate of drug-likeness (QED) is 0.725. The van der Waals surface area contributed by atoms with E-state index < -0.39 is 0 Å². The summed E-state index contributed by atoms with van der Waals surface area (Å²) in [5, 5.41) is 0.450. The van der Waals surface area contributed by atoms with E-state index >= 15 is 0 Å². The van der Waals surface area contributed by atoms with Crippen molar-refractivity contribution < 1.29 is 0 Å². The number of aromatic nitrogens is 2. The van der Waals surface area contributed by atoms with Crippen LogP contribution in [0.1, 0.15) is 6.42 Å². The second kappa shape index (κ2) is 4.80. The van der Waals surface area contributed by atoms with E-state index in [1.54, 1.807) is 0 Å². The molecule has 0 saturated heterocycles. The van der Waals surface area contributed by atoms with Crippen molar-refractivity contribution in [1.29, 1.82) is 0 Å². The Balaban J connectivity index is 2.30. The molecule has 0 aromatic carbocycles. The van der Waals surface area contributed by atoms with Gasteiger partial charge in [0.05, 0.1) is 11.0 Å². The predicted molar refractivity (Wildman–Crippen MR) is 68.6 cm³/mol. The van der Waals surface area contributed by atoms with E-state index in [1.807, 2.05) is 0 Å². The molecular formula is C9H8Br2ClN3. The average Bonchev–Trinajstić information content (AvgIpc) is 2.22. The third-order valence-corrected chi connectivity index (χ3v) is 3.95. The van der Waals surface area contributed by atoms with Gasteiger partial charge in [-0.25, -0.2) is 9.97 Å². The van der Waals surface area contributed by atoms with Crippen molar-refractivity contribution in [2.24, 2.45) is 0 Å². The van der Waals surface area contributed by atoms with E-state index in [0.717, 1.165) is 29.8 Å². The van der Waals surface area contributed by atoms with Gasteiger partial charge in [-0.05, 0) is 22.4 Å². The average molecular weight is 353 g/mol. The predicted octanol–water partition coefficient (Wildman–Crippen LogP) is 3.38. The molecule has 0 saturated carbocycles. The summed E-state index contributed by atoms with van der Waals surface area (Å²) in [7, 11) is 0. The van der Waals surface area contributed by atoms with Gasteiger partial charge < -0.3 is 4.90 Å². The van der Waals surface area contributed by atoms with Crippen molar-refractivity contribution in [2.75, 3.05) is 18.0 Å². The fourth-order valence-electron chi connectivity index (χ4n) is 1.44. The van der Waals surface area contributed by atoms with Crippen molar-refractivity contribution in [3.63, 3.8) is 0 Å². The fraction of sp³-hybridized carbons (Fsp3) is 0.333. The molecule has 0 atom stereocenters. The van der Waals surface area contributed by atoms with E-state index in [9.17, 15) is 0 Å². The van der Waals surface area contributed by atoms with Crippen LogP contribution in [0.25, 0.3) is 0 Å². The zero-order valence-corrected chi connectivity index (χ0v) is 11.7. The maximum Gasteiger partial charge on any atom is 0.148 e. The number of hydrogen-bond acceptors (Lipinski definition) is 3. The molecule has 80 valence electrons. The van der Waals surface area contributed by atoms with Crippen LogP contribution in [0, 0.1) is 0 Å². The smallest absolute Gasteiger partial charge is 0.148 e. The first kappa shape index (κ1) is 11.4. The molecular weight excluding hydrogens is 345 g/mol. The second-order valence-electron chi connectivity index (χ2n) is 3.16. The Labute approximate surface area is 110 Å². The summed E-state index contributed by atoms with van der Waals surface area (Å²) in [5.74, 6) is 0.847. The lowest BCUT2D eigenvalue weighted by molar-refractivity contribution is 0.795. The monoisotopic (exact) mass is 351 g/mol. The molecule has 0 bridgehead atoms. The summed E-state index contributed by atoms with van der Waals surface area (Å²) < 4.78 is 1.93. The number of halogens is 3. The van der Waals surface area contributed by atoms with Crippen molar-refractivity contribution in [1.82, 2.24) is 9.97 Å². The molecule has 1 aromatic heterocycles. The Kier molecular flexibility index (Phi) is 3.64. The van der Waals surface area contributed by atoms with Crippen LogP contribution in [-0.2, 0) is 0 Å². The summed E-state index contributed by atoms with van der Waals surface area (Å²) in [4.78, 5) is 10.3. The molecule has 1 aliphatic rings. The van der Waals surface area contributed by atoms with Gasteiger partial charge in [0.25, 0.3) is 0 Å². The van der Waals surface area contributed by atoms with Gasteiger partial charge in [0.2, 0.25) is 0 Å². The molecule has 1 aliphatic heterocycles. The highest BCUT2D eigenvalue weighted by atomic mass is 79.9. The lowest BCUT2D eigenvalue weighted by Crippen LogP contribution is -2.29. The molecule has 6 heteroatoms. The van der Waals surface area contributed by atoms with E-state index in [1.165, 1.54) is 10.8 Å². The van der Waals surface area contributed by atoms with Gasteiger partial charge in [0.15, 0.2) is 0 Å². The summed E-state index contributed by atoms with van der Waals surface area (Å²) >= 11 is 12.8. The van der Waals surface area contributed by atoms with Crippen molar-refractivity contribution in [3.8, 4) is 0 Å². The van der Waals surface area contributed by atoms with Gasteiger partial charge in [0.1, 0.15) is 17.3 Å². The maximum atomic E-state index is 5.92. The number of nitrogens with zero attached hydrogens (tertiary/aromatic N) is 3. The van der Waals surface area contributed by atoms with E-state index in [0.29, 0.717) is 5.15 Å². The third kappa shape index (κ3) is 2.52. The lowest BCUT2D eigenvalue weighted by Gasteiger charge is -2.27. The van der Waals surface area contributed by atoms with Crippen LogP contribution in [0.5, 0.6) is 0 Å². The summed E-state index contributed by atoms with van der Waals surface area (Å²) in [6.45, 7) is 1.77. The van der Waals surface area contributed by atoms with Crippen LogP contribution in [0.2, 0.25) is 5.15 Å². The van der Waals surface area contributed by atoms with Crippen LogP contribution in [-0.4, -0.2) is 23.1 Å². The molecule has 1 aromatic rings. The molecule has 0 spiro atoms. The minimum atomic E-state index is 0.450. The number of hydrogen-bond donors (Lipinski definition) is 0. The highest BCUT2D eigenvalue weighted by molar-refractivity contribution is 9.11. The number of rotatable bonds is 1. The van der Waals surface area contributed by atoms with Crippen molar-refractivity contribution >= 4 is 49.3 Å².